The predicted octanol–water partition coefficient (Wildman–Crippen LogP) is 3.82. The summed E-state index contributed by atoms with van der Waals surface area (Å²) in [5.41, 5.74) is 2.66. The van der Waals surface area contributed by atoms with Crippen LogP contribution in [0.4, 0.5) is 5.69 Å². The molecule has 0 fully saturated rings. The standard InChI is InChI=1S/C25H20N2O5/c1-30-19-9-5-8-18(13-19)26-23-22(17-6-3-2-4-7-17)24(28)27(25(23)29)14-16-10-11-20-21(12-16)32-15-31-20/h2-13,26H,14-15H2,1H3. The second-order valence-corrected chi connectivity index (χ2v) is 7.36. The lowest BCUT2D eigenvalue weighted by molar-refractivity contribution is -0.137. The molecule has 0 radical (unpaired) electrons. The van der Waals surface area contributed by atoms with Gasteiger partial charge in [0.1, 0.15) is 11.4 Å². The second kappa shape index (κ2) is 8.11. The van der Waals surface area contributed by atoms with Gasteiger partial charge in [-0.15, -0.1) is 0 Å². The van der Waals surface area contributed by atoms with Crippen LogP contribution >= 0.6 is 0 Å². The molecule has 0 spiro atoms. The van der Waals surface area contributed by atoms with Crippen molar-refractivity contribution >= 4 is 23.1 Å². The van der Waals surface area contributed by atoms with Crippen molar-refractivity contribution in [3.8, 4) is 17.2 Å². The van der Waals surface area contributed by atoms with Crippen molar-refractivity contribution in [3.05, 3.63) is 89.6 Å². The minimum absolute atomic E-state index is 0.119. The first-order valence-electron chi connectivity index (χ1n) is 10.1. The first-order chi connectivity index (χ1) is 15.6. The molecule has 0 bridgehead atoms. The number of carbonyl (C=O) groups is 2. The van der Waals surface area contributed by atoms with Crippen LogP contribution in [0.25, 0.3) is 5.57 Å². The summed E-state index contributed by atoms with van der Waals surface area (Å²) in [6, 6.07) is 21.8. The normalized spacial score (nSPS) is 14.8. The van der Waals surface area contributed by atoms with Crippen LogP contribution in [-0.2, 0) is 16.1 Å². The molecule has 0 aliphatic carbocycles. The number of hydrogen-bond acceptors (Lipinski definition) is 6. The third kappa shape index (κ3) is 3.54. The van der Waals surface area contributed by atoms with Crippen molar-refractivity contribution in [1.82, 2.24) is 4.90 Å². The Balaban J connectivity index is 1.50. The van der Waals surface area contributed by atoms with Gasteiger partial charge in [0.2, 0.25) is 6.79 Å². The molecule has 0 atom stereocenters. The van der Waals surface area contributed by atoms with Gasteiger partial charge in [0.05, 0.1) is 19.2 Å². The number of ether oxygens (including phenoxy) is 3. The third-order valence-electron chi connectivity index (χ3n) is 5.35. The molecular weight excluding hydrogens is 408 g/mol. The Morgan fingerprint density at radius 2 is 1.72 bits per heavy atom. The molecule has 2 amide bonds. The molecule has 2 aliphatic heterocycles. The number of nitrogens with zero attached hydrogens (tertiary/aromatic N) is 1. The van der Waals surface area contributed by atoms with E-state index < -0.39 is 5.91 Å². The lowest BCUT2D eigenvalue weighted by atomic mass is 10.0. The van der Waals surface area contributed by atoms with Crippen LogP contribution in [0.1, 0.15) is 11.1 Å². The van der Waals surface area contributed by atoms with Crippen molar-refractivity contribution in [3.63, 3.8) is 0 Å². The van der Waals surface area contributed by atoms with Crippen LogP contribution in [-0.4, -0.2) is 30.6 Å². The maximum atomic E-state index is 13.4. The Morgan fingerprint density at radius 1 is 0.906 bits per heavy atom. The Morgan fingerprint density at radius 3 is 2.53 bits per heavy atom. The quantitative estimate of drug-likeness (QED) is 0.602. The summed E-state index contributed by atoms with van der Waals surface area (Å²) in [7, 11) is 1.57. The summed E-state index contributed by atoms with van der Waals surface area (Å²) in [5.74, 6) is 1.15. The highest BCUT2D eigenvalue weighted by molar-refractivity contribution is 6.36. The molecule has 1 N–H and O–H groups in total. The first-order valence-corrected chi connectivity index (χ1v) is 10.1. The first kappa shape index (κ1) is 19.7. The Kier molecular flexibility index (Phi) is 4.99. The molecule has 5 rings (SSSR count). The van der Waals surface area contributed by atoms with Crippen LogP contribution in [0.5, 0.6) is 17.2 Å². The van der Waals surface area contributed by atoms with E-state index in [2.05, 4.69) is 5.32 Å². The van der Waals surface area contributed by atoms with Gasteiger partial charge in [-0.3, -0.25) is 14.5 Å². The number of methoxy groups -OCH3 is 1. The molecule has 0 saturated carbocycles. The van der Waals surface area contributed by atoms with E-state index in [1.165, 1.54) is 4.90 Å². The molecule has 32 heavy (non-hydrogen) atoms. The Labute approximate surface area is 184 Å². The van der Waals surface area contributed by atoms with E-state index in [1.54, 1.807) is 25.3 Å². The number of benzene rings is 3. The molecule has 160 valence electrons. The summed E-state index contributed by atoms with van der Waals surface area (Å²) >= 11 is 0. The molecule has 3 aromatic carbocycles. The highest BCUT2D eigenvalue weighted by Gasteiger charge is 2.39. The molecule has 0 saturated heterocycles. The predicted molar refractivity (Wildman–Crippen MR) is 118 cm³/mol. The fourth-order valence-corrected chi connectivity index (χ4v) is 3.78. The number of rotatable bonds is 6. The largest absolute Gasteiger partial charge is 0.497 e. The summed E-state index contributed by atoms with van der Waals surface area (Å²) in [6.45, 7) is 0.280. The second-order valence-electron chi connectivity index (χ2n) is 7.36. The molecule has 2 aliphatic rings. The van der Waals surface area contributed by atoms with Gasteiger partial charge in [-0.1, -0.05) is 42.5 Å². The van der Waals surface area contributed by atoms with Crippen LogP contribution in [0.2, 0.25) is 0 Å². The highest BCUT2D eigenvalue weighted by atomic mass is 16.7. The highest BCUT2D eigenvalue weighted by Crippen LogP contribution is 2.35. The number of fused-ring (bicyclic) bond motifs is 1. The van der Waals surface area contributed by atoms with Gasteiger partial charge < -0.3 is 19.5 Å². The SMILES string of the molecule is COc1cccc(NC2=C(c3ccccc3)C(=O)N(Cc3ccc4c(c3)OCO4)C2=O)c1. The zero-order valence-corrected chi connectivity index (χ0v) is 17.3. The van der Waals surface area contributed by atoms with Crippen LogP contribution in [0, 0.1) is 0 Å². The van der Waals surface area contributed by atoms with Crippen molar-refractivity contribution in [2.45, 2.75) is 6.54 Å². The van der Waals surface area contributed by atoms with E-state index in [1.807, 2.05) is 54.6 Å². The van der Waals surface area contributed by atoms with Gasteiger partial charge in [-0.05, 0) is 35.4 Å². The lowest BCUT2D eigenvalue weighted by Gasteiger charge is -2.16. The third-order valence-corrected chi connectivity index (χ3v) is 5.35. The lowest BCUT2D eigenvalue weighted by Crippen LogP contribution is -2.32. The zero-order valence-electron chi connectivity index (χ0n) is 17.3. The molecule has 7 nitrogen and oxygen atoms in total. The van der Waals surface area contributed by atoms with Crippen LogP contribution in [0.15, 0.2) is 78.5 Å². The van der Waals surface area contributed by atoms with Crippen molar-refractivity contribution in [1.29, 1.82) is 0 Å². The molecule has 0 unspecified atom stereocenters. The van der Waals surface area contributed by atoms with E-state index in [0.717, 1.165) is 5.56 Å². The van der Waals surface area contributed by atoms with Crippen molar-refractivity contribution < 1.29 is 23.8 Å². The minimum atomic E-state index is -0.394. The van der Waals surface area contributed by atoms with Gasteiger partial charge >= 0.3 is 0 Å². The summed E-state index contributed by atoms with van der Waals surface area (Å²) in [5, 5.41) is 3.14. The Hall–Kier alpha value is -4.26. The van der Waals surface area contributed by atoms with Crippen molar-refractivity contribution in [2.75, 3.05) is 19.2 Å². The van der Waals surface area contributed by atoms with E-state index >= 15 is 0 Å². The number of nitrogens with one attached hydrogen (secondary N) is 1. The molecule has 2 heterocycles. The molecule has 7 heteroatoms. The van der Waals surface area contributed by atoms with Gasteiger partial charge in [-0.25, -0.2) is 0 Å². The minimum Gasteiger partial charge on any atom is -0.497 e. The monoisotopic (exact) mass is 428 g/mol. The van der Waals surface area contributed by atoms with Gasteiger partial charge in [0.15, 0.2) is 11.5 Å². The van der Waals surface area contributed by atoms with E-state index in [0.29, 0.717) is 34.1 Å². The number of amides is 2. The average molecular weight is 428 g/mol. The molecular formula is C25H20N2O5. The summed E-state index contributed by atoms with van der Waals surface area (Å²) in [6.07, 6.45) is 0. The van der Waals surface area contributed by atoms with Gasteiger partial charge in [0, 0.05) is 11.8 Å². The maximum absolute atomic E-state index is 13.4. The summed E-state index contributed by atoms with van der Waals surface area (Å²) < 4.78 is 16.0. The Bertz CT molecular complexity index is 1240. The number of hydrogen-bond donors (Lipinski definition) is 1. The van der Waals surface area contributed by atoms with Crippen molar-refractivity contribution in [2.24, 2.45) is 0 Å². The number of imide groups is 1. The summed E-state index contributed by atoms with van der Waals surface area (Å²) in [4.78, 5) is 28.0. The zero-order chi connectivity index (χ0) is 22.1. The van der Waals surface area contributed by atoms with Gasteiger partial charge in [-0.2, -0.15) is 0 Å². The fourth-order valence-electron chi connectivity index (χ4n) is 3.78. The van der Waals surface area contributed by atoms with Crippen LogP contribution in [0.3, 0.4) is 0 Å². The number of anilines is 1. The fraction of sp³-hybridized carbons (Fsp3) is 0.120. The van der Waals surface area contributed by atoms with E-state index in [9.17, 15) is 9.59 Å². The topological polar surface area (TPSA) is 77.1 Å². The number of carbonyl (C=O) groups excluding carboxylic acids is 2. The molecule has 3 aromatic rings. The smallest absolute Gasteiger partial charge is 0.278 e. The maximum Gasteiger partial charge on any atom is 0.278 e. The van der Waals surface area contributed by atoms with E-state index in [4.69, 9.17) is 14.2 Å². The van der Waals surface area contributed by atoms with E-state index in [-0.39, 0.29) is 24.9 Å². The average Bonchev–Trinajstić information content (AvgIpc) is 3.38. The molecule has 0 aromatic heterocycles. The van der Waals surface area contributed by atoms with Crippen LogP contribution < -0.4 is 19.5 Å². The van der Waals surface area contributed by atoms with Gasteiger partial charge in [0.25, 0.3) is 11.8 Å².